The van der Waals surface area contributed by atoms with E-state index in [0.717, 1.165) is 57.8 Å². The molecule has 0 spiro atoms. The normalized spacial score (nSPS) is 13.6. The van der Waals surface area contributed by atoms with E-state index in [9.17, 15) is 19.0 Å². The lowest BCUT2D eigenvalue weighted by molar-refractivity contribution is -0.870. The molecule has 89 heavy (non-hydrogen) atoms. The Labute approximate surface area is 555 Å². The first kappa shape index (κ1) is 87.2. The summed E-state index contributed by atoms with van der Waals surface area (Å²) in [4.78, 5) is 40.3. The predicted octanol–water partition coefficient (Wildman–Crippen LogP) is 24.7. The number of esters is 1. The Morgan fingerprint density at radius 2 is 0.652 bits per heavy atom. The van der Waals surface area contributed by atoms with Crippen LogP contribution in [0.25, 0.3) is 0 Å². The highest BCUT2D eigenvalue weighted by molar-refractivity contribution is 7.45. The van der Waals surface area contributed by atoms with Crippen molar-refractivity contribution in [3.05, 3.63) is 36.5 Å². The third kappa shape index (κ3) is 70.4. The van der Waals surface area contributed by atoms with Gasteiger partial charge in [0.05, 0.1) is 33.8 Å². The first-order chi connectivity index (χ1) is 43.4. The van der Waals surface area contributed by atoms with Crippen LogP contribution in [0.3, 0.4) is 0 Å². The average molecular weight is 1270 g/mol. The van der Waals surface area contributed by atoms with Crippen LogP contribution in [0.1, 0.15) is 406 Å². The number of rotatable bonds is 73. The van der Waals surface area contributed by atoms with Crippen molar-refractivity contribution in [2.45, 2.75) is 418 Å². The van der Waals surface area contributed by atoms with E-state index in [1.54, 1.807) is 0 Å². The molecule has 0 aromatic rings. The number of allylic oxidation sites excluding steroid dienone is 5. The molecule has 0 bridgehead atoms. The first-order valence-electron chi connectivity index (χ1n) is 39.3. The predicted molar refractivity (Wildman–Crippen MR) is 386 cm³/mol. The van der Waals surface area contributed by atoms with Gasteiger partial charge in [0.1, 0.15) is 19.3 Å². The van der Waals surface area contributed by atoms with Crippen LogP contribution in [-0.2, 0) is 27.9 Å². The summed E-state index contributed by atoms with van der Waals surface area (Å²) in [5.74, 6) is -0.517. The van der Waals surface area contributed by atoms with Gasteiger partial charge in [-0.25, -0.2) is 0 Å². The Kier molecular flexibility index (Phi) is 67.7. The molecule has 0 aliphatic heterocycles. The van der Waals surface area contributed by atoms with Crippen molar-refractivity contribution < 1.29 is 37.3 Å². The molecule has 1 amide bonds. The molecule has 0 aliphatic rings. The fourth-order valence-corrected chi connectivity index (χ4v) is 12.7. The molecule has 3 atom stereocenters. The topological polar surface area (TPSA) is 114 Å². The van der Waals surface area contributed by atoms with Crippen LogP contribution in [0.5, 0.6) is 0 Å². The summed E-state index contributed by atoms with van der Waals surface area (Å²) in [6.45, 7) is 6.91. The lowest BCUT2D eigenvalue weighted by Crippen LogP contribution is -2.47. The number of phosphoric acid groups is 1. The maximum Gasteiger partial charge on any atom is 0.306 e. The Morgan fingerprint density at radius 1 is 0.382 bits per heavy atom. The number of phosphoric ester groups is 1. The number of hydrogen-bond donors (Lipinski definition) is 1. The van der Waals surface area contributed by atoms with E-state index in [2.05, 4.69) is 50.4 Å². The number of nitrogens with zero attached hydrogens (tertiary/aromatic N) is 1. The highest BCUT2D eigenvalue weighted by atomic mass is 31.2. The van der Waals surface area contributed by atoms with E-state index in [1.165, 1.54) is 315 Å². The molecule has 0 aromatic heterocycles. The van der Waals surface area contributed by atoms with Crippen molar-refractivity contribution in [1.29, 1.82) is 0 Å². The molecule has 9 nitrogen and oxygen atoms in total. The molecule has 526 valence electrons. The number of amides is 1. The zero-order valence-corrected chi connectivity index (χ0v) is 61.3. The lowest BCUT2D eigenvalue weighted by atomic mass is 10.0. The van der Waals surface area contributed by atoms with Gasteiger partial charge in [0.2, 0.25) is 5.91 Å². The fourth-order valence-electron chi connectivity index (χ4n) is 12.0. The minimum Gasteiger partial charge on any atom is -0.756 e. The SMILES string of the molecule is CCCCCCCC/C=C/CCCCCCCCCCCCCCCCCCCC(=O)NC(COP(=O)([O-])OCC[N+](C)(C)C)C(/C=C\CCCCCCCCCCCCC)OC(=O)CCCCCCCCCCCCCCC/C=C/CCCCCCCC. The van der Waals surface area contributed by atoms with Crippen molar-refractivity contribution in [2.75, 3.05) is 40.9 Å². The molecule has 0 radical (unpaired) electrons. The number of carbonyl (C=O) groups is 2. The van der Waals surface area contributed by atoms with Crippen LogP contribution in [-0.4, -0.2) is 69.4 Å². The molecule has 0 heterocycles. The molecule has 10 heteroatoms. The number of quaternary nitrogens is 1. The molecule has 0 rings (SSSR count). The van der Waals surface area contributed by atoms with E-state index < -0.39 is 20.0 Å². The Balaban J connectivity index is 4.95. The molecule has 0 fully saturated rings. The van der Waals surface area contributed by atoms with Crippen molar-refractivity contribution in [3.8, 4) is 0 Å². The standard InChI is InChI=1S/C79H153N2O7P/c1-7-10-13-16-19-22-25-28-30-32-34-36-38-39-40-41-43-44-46-48-50-53-56-59-62-65-68-71-78(82)80-76(75-87-89(84,85)86-74-73-81(4,5)6)77(70-67-64-61-58-55-52-27-24-21-18-15-12-9-3)88-79(83)72-69-66-63-60-57-54-51-49-47-45-42-37-35-33-31-29-26-23-20-17-14-11-8-2/h28-31,67,70,76-77H,7-27,32-66,68-69,71-75H2,1-6H3,(H-,80,82,84,85)/b30-28+,31-29+,70-67-. The van der Waals surface area contributed by atoms with Gasteiger partial charge in [-0.2, -0.15) is 0 Å². The average Bonchev–Trinajstić information content (AvgIpc) is 3.65. The fraction of sp³-hybridized carbons (Fsp3) is 0.899. The molecular weight excluding hydrogens is 1120 g/mol. The van der Waals surface area contributed by atoms with Crippen LogP contribution < -0.4 is 10.2 Å². The third-order valence-electron chi connectivity index (χ3n) is 18.0. The lowest BCUT2D eigenvalue weighted by Gasteiger charge is -2.30. The number of carbonyl (C=O) groups excluding carboxylic acids is 2. The second-order valence-corrected chi connectivity index (χ2v) is 29.6. The molecule has 1 N–H and O–H groups in total. The quantitative estimate of drug-likeness (QED) is 0.0212. The number of ether oxygens (including phenoxy) is 1. The van der Waals surface area contributed by atoms with E-state index >= 15 is 0 Å². The number of unbranched alkanes of at least 4 members (excludes halogenated alkanes) is 53. The van der Waals surface area contributed by atoms with Gasteiger partial charge in [-0.15, -0.1) is 0 Å². The van der Waals surface area contributed by atoms with Crippen LogP contribution in [0, 0.1) is 0 Å². The third-order valence-corrected chi connectivity index (χ3v) is 19.0. The maximum absolute atomic E-state index is 13.7. The highest BCUT2D eigenvalue weighted by Crippen LogP contribution is 2.38. The van der Waals surface area contributed by atoms with E-state index in [4.69, 9.17) is 13.8 Å². The molecule has 0 saturated heterocycles. The van der Waals surface area contributed by atoms with Crippen molar-refractivity contribution in [1.82, 2.24) is 5.32 Å². The molecular formula is C79H153N2O7P. The summed E-state index contributed by atoms with van der Waals surface area (Å²) in [7, 11) is 1.21. The van der Waals surface area contributed by atoms with Gasteiger partial charge < -0.3 is 28.5 Å². The molecule has 0 aliphatic carbocycles. The summed E-state index contributed by atoms with van der Waals surface area (Å²) in [6, 6.07) is -0.886. The molecule has 0 aromatic carbocycles. The molecule has 0 saturated carbocycles. The summed E-state index contributed by atoms with van der Waals surface area (Å²) in [6.07, 6.45) is 87.1. The zero-order chi connectivity index (χ0) is 64.9. The summed E-state index contributed by atoms with van der Waals surface area (Å²) < 4.78 is 30.6. The van der Waals surface area contributed by atoms with Crippen LogP contribution >= 0.6 is 7.82 Å². The summed E-state index contributed by atoms with van der Waals surface area (Å²) in [5.41, 5.74) is 0. The van der Waals surface area contributed by atoms with Gasteiger partial charge in [-0.1, -0.05) is 347 Å². The summed E-state index contributed by atoms with van der Waals surface area (Å²) >= 11 is 0. The van der Waals surface area contributed by atoms with E-state index in [0.29, 0.717) is 17.4 Å². The van der Waals surface area contributed by atoms with Gasteiger partial charge in [0.15, 0.2) is 0 Å². The van der Waals surface area contributed by atoms with E-state index in [-0.39, 0.29) is 31.5 Å². The smallest absolute Gasteiger partial charge is 0.306 e. The van der Waals surface area contributed by atoms with Crippen molar-refractivity contribution in [2.24, 2.45) is 0 Å². The maximum atomic E-state index is 13.7. The Hall–Kier alpha value is -1.77. The van der Waals surface area contributed by atoms with Gasteiger partial charge >= 0.3 is 5.97 Å². The Bertz CT molecular complexity index is 1610. The number of nitrogens with one attached hydrogen (secondary N) is 1. The summed E-state index contributed by atoms with van der Waals surface area (Å²) in [5, 5.41) is 3.06. The Morgan fingerprint density at radius 3 is 0.955 bits per heavy atom. The van der Waals surface area contributed by atoms with Crippen LogP contribution in [0.15, 0.2) is 36.5 Å². The van der Waals surface area contributed by atoms with Crippen LogP contribution in [0.2, 0.25) is 0 Å². The van der Waals surface area contributed by atoms with Crippen LogP contribution in [0.4, 0.5) is 0 Å². The number of hydrogen-bond acceptors (Lipinski definition) is 7. The van der Waals surface area contributed by atoms with Gasteiger partial charge in [-0.3, -0.25) is 14.2 Å². The minimum atomic E-state index is -4.71. The van der Waals surface area contributed by atoms with Gasteiger partial charge in [-0.05, 0) is 83.1 Å². The monoisotopic (exact) mass is 1270 g/mol. The second-order valence-electron chi connectivity index (χ2n) is 28.2. The van der Waals surface area contributed by atoms with E-state index in [1.807, 2.05) is 33.3 Å². The first-order valence-corrected chi connectivity index (χ1v) is 40.8. The second kappa shape index (κ2) is 69.1. The van der Waals surface area contributed by atoms with Gasteiger partial charge in [0.25, 0.3) is 7.82 Å². The number of likely N-dealkylation sites (N-methyl/N-ethyl adjacent to an activating group) is 1. The largest absolute Gasteiger partial charge is 0.756 e. The van der Waals surface area contributed by atoms with Gasteiger partial charge in [0, 0.05) is 12.8 Å². The minimum absolute atomic E-state index is 0.0189. The molecule has 3 unspecified atom stereocenters. The van der Waals surface area contributed by atoms with Crippen molar-refractivity contribution in [3.63, 3.8) is 0 Å². The zero-order valence-electron chi connectivity index (χ0n) is 60.4. The highest BCUT2D eigenvalue weighted by Gasteiger charge is 2.27. The van der Waals surface area contributed by atoms with Crippen molar-refractivity contribution >= 4 is 19.7 Å².